The minimum absolute atomic E-state index is 0.0102. The highest BCUT2D eigenvalue weighted by Crippen LogP contribution is 2.37. The molecule has 3 rings (SSSR count). The van der Waals surface area contributed by atoms with E-state index in [1.165, 1.54) is 18.2 Å². The highest BCUT2D eigenvalue weighted by molar-refractivity contribution is 6.34. The Morgan fingerprint density at radius 1 is 1.09 bits per heavy atom. The lowest BCUT2D eigenvalue weighted by molar-refractivity contribution is -0.254. The summed E-state index contributed by atoms with van der Waals surface area (Å²) in [7, 11) is 0. The van der Waals surface area contributed by atoms with Crippen molar-refractivity contribution in [2.45, 2.75) is 0 Å². The van der Waals surface area contributed by atoms with Crippen LogP contribution in [0.25, 0.3) is 0 Å². The van der Waals surface area contributed by atoms with Gasteiger partial charge in [0.2, 0.25) is 6.79 Å². The van der Waals surface area contributed by atoms with Gasteiger partial charge in [-0.3, -0.25) is 4.79 Å². The van der Waals surface area contributed by atoms with Crippen LogP contribution in [0, 0.1) is 0 Å². The van der Waals surface area contributed by atoms with Crippen LogP contribution < -0.4 is 19.9 Å². The van der Waals surface area contributed by atoms with Gasteiger partial charge < -0.3 is 24.7 Å². The number of halogens is 1. The maximum absolute atomic E-state index is 12.2. The predicted octanol–water partition coefficient (Wildman–Crippen LogP) is 1.68. The molecule has 0 aliphatic carbocycles. The topological polar surface area (TPSA) is 87.7 Å². The maximum Gasteiger partial charge on any atom is 0.257 e. The Labute approximate surface area is 130 Å². The lowest BCUT2D eigenvalue weighted by Crippen LogP contribution is -2.25. The van der Waals surface area contributed by atoms with Gasteiger partial charge in [0, 0.05) is 11.6 Å². The molecule has 2 aromatic carbocycles. The van der Waals surface area contributed by atoms with E-state index >= 15 is 0 Å². The van der Waals surface area contributed by atoms with Crippen LogP contribution >= 0.6 is 11.6 Å². The van der Waals surface area contributed by atoms with Crippen molar-refractivity contribution in [3.63, 3.8) is 0 Å². The molecule has 2 aromatic rings. The van der Waals surface area contributed by atoms with Crippen molar-refractivity contribution in [2.24, 2.45) is 0 Å². The predicted molar refractivity (Wildman–Crippen MR) is 76.3 cm³/mol. The van der Waals surface area contributed by atoms with Gasteiger partial charge >= 0.3 is 0 Å². The molecule has 0 spiro atoms. The number of carboxylic acids is 1. The second kappa shape index (κ2) is 5.57. The molecule has 7 heteroatoms. The summed E-state index contributed by atoms with van der Waals surface area (Å²) in [5.41, 5.74) is 0.0740. The Kier molecular flexibility index (Phi) is 3.60. The Morgan fingerprint density at radius 2 is 1.77 bits per heavy atom. The molecule has 0 radical (unpaired) electrons. The zero-order chi connectivity index (χ0) is 15.7. The Bertz CT molecular complexity index is 775. The van der Waals surface area contributed by atoms with Crippen molar-refractivity contribution in [1.29, 1.82) is 0 Å². The van der Waals surface area contributed by atoms with Gasteiger partial charge in [0.1, 0.15) is 0 Å². The van der Waals surface area contributed by atoms with E-state index in [2.05, 4.69) is 5.32 Å². The summed E-state index contributed by atoms with van der Waals surface area (Å²) >= 11 is 5.95. The first-order valence-electron chi connectivity index (χ1n) is 6.27. The molecule has 22 heavy (non-hydrogen) atoms. The zero-order valence-electron chi connectivity index (χ0n) is 11.1. The standard InChI is InChI=1S/C15H10ClNO5/c16-10-4-2-1-3-8(10)14(18)17-11-6-13-12(21-7-22-13)5-9(11)15(19)20/h1-6H,7H2,(H,17,18)(H,19,20)/p-1. The third kappa shape index (κ3) is 2.56. The number of aromatic carboxylic acids is 1. The van der Waals surface area contributed by atoms with Gasteiger partial charge in [-0.2, -0.15) is 0 Å². The molecule has 0 unspecified atom stereocenters. The molecule has 0 atom stereocenters. The number of fused-ring (bicyclic) bond motifs is 1. The highest BCUT2D eigenvalue weighted by Gasteiger charge is 2.20. The summed E-state index contributed by atoms with van der Waals surface area (Å²) in [4.78, 5) is 23.5. The molecule has 0 aromatic heterocycles. The average Bonchev–Trinajstić information content (AvgIpc) is 2.93. The molecular formula is C15H9ClNO5-. The number of carbonyl (C=O) groups is 2. The molecule has 1 N–H and O–H groups in total. The monoisotopic (exact) mass is 318 g/mol. The summed E-state index contributed by atoms with van der Waals surface area (Å²) < 4.78 is 10.3. The van der Waals surface area contributed by atoms with Crippen molar-refractivity contribution >= 4 is 29.2 Å². The van der Waals surface area contributed by atoms with E-state index in [0.717, 1.165) is 0 Å². The first kappa shape index (κ1) is 14.2. The molecule has 1 aliphatic heterocycles. The SMILES string of the molecule is O=C(Nc1cc2c(cc1C(=O)[O-])OCO2)c1ccccc1Cl. The summed E-state index contributed by atoms with van der Waals surface area (Å²) in [5, 5.41) is 14.0. The van der Waals surface area contributed by atoms with Gasteiger partial charge in [-0.05, 0) is 18.2 Å². The van der Waals surface area contributed by atoms with E-state index < -0.39 is 11.9 Å². The fraction of sp³-hybridized carbons (Fsp3) is 0.0667. The first-order chi connectivity index (χ1) is 10.6. The van der Waals surface area contributed by atoms with E-state index in [-0.39, 0.29) is 34.4 Å². The molecule has 0 saturated heterocycles. The lowest BCUT2D eigenvalue weighted by atomic mass is 10.1. The van der Waals surface area contributed by atoms with Crippen LogP contribution in [0.1, 0.15) is 20.7 Å². The minimum atomic E-state index is -1.44. The number of rotatable bonds is 3. The Balaban J connectivity index is 1.97. The second-order valence-corrected chi connectivity index (χ2v) is 4.88. The largest absolute Gasteiger partial charge is 0.545 e. The van der Waals surface area contributed by atoms with Crippen LogP contribution in [0.2, 0.25) is 5.02 Å². The number of amides is 1. The van der Waals surface area contributed by atoms with Crippen LogP contribution in [-0.2, 0) is 0 Å². The third-order valence-corrected chi connectivity index (χ3v) is 3.43. The molecule has 1 aliphatic rings. The van der Waals surface area contributed by atoms with Gasteiger partial charge in [-0.25, -0.2) is 0 Å². The van der Waals surface area contributed by atoms with E-state index in [1.54, 1.807) is 18.2 Å². The molecule has 112 valence electrons. The van der Waals surface area contributed by atoms with Crippen molar-refractivity contribution in [3.05, 3.63) is 52.5 Å². The second-order valence-electron chi connectivity index (χ2n) is 4.47. The van der Waals surface area contributed by atoms with Crippen molar-refractivity contribution < 1.29 is 24.2 Å². The summed E-state index contributed by atoms with van der Waals surface area (Å²) in [6.45, 7) is -0.0102. The molecular weight excluding hydrogens is 310 g/mol. The number of benzene rings is 2. The number of hydrogen-bond donors (Lipinski definition) is 1. The average molecular weight is 319 g/mol. The fourth-order valence-corrected chi connectivity index (χ4v) is 2.27. The smallest absolute Gasteiger partial charge is 0.257 e. The number of anilines is 1. The molecule has 6 nitrogen and oxygen atoms in total. The Morgan fingerprint density at radius 3 is 2.45 bits per heavy atom. The number of ether oxygens (including phenoxy) is 2. The van der Waals surface area contributed by atoms with Crippen molar-refractivity contribution in [3.8, 4) is 11.5 Å². The number of nitrogens with one attached hydrogen (secondary N) is 1. The molecule has 0 fully saturated rings. The van der Waals surface area contributed by atoms with Gasteiger partial charge in [-0.1, -0.05) is 23.7 Å². The minimum Gasteiger partial charge on any atom is -0.545 e. The fourth-order valence-electron chi connectivity index (χ4n) is 2.05. The normalized spacial score (nSPS) is 12.0. The van der Waals surface area contributed by atoms with E-state index in [1.807, 2.05) is 0 Å². The quantitative estimate of drug-likeness (QED) is 0.930. The summed E-state index contributed by atoms with van der Waals surface area (Å²) in [5.74, 6) is -1.34. The third-order valence-electron chi connectivity index (χ3n) is 3.10. The number of hydrogen-bond acceptors (Lipinski definition) is 5. The van der Waals surface area contributed by atoms with Gasteiger partial charge in [0.15, 0.2) is 11.5 Å². The molecule has 1 amide bonds. The van der Waals surface area contributed by atoms with Crippen molar-refractivity contribution in [1.82, 2.24) is 0 Å². The number of carboxylic acid groups (broad SMARTS) is 1. The van der Waals surface area contributed by atoms with Crippen LogP contribution in [-0.4, -0.2) is 18.7 Å². The van der Waals surface area contributed by atoms with E-state index in [9.17, 15) is 14.7 Å². The number of carbonyl (C=O) groups excluding carboxylic acids is 2. The molecule has 0 saturated carbocycles. The van der Waals surface area contributed by atoms with Crippen molar-refractivity contribution in [2.75, 3.05) is 12.1 Å². The van der Waals surface area contributed by atoms with Crippen LogP contribution in [0.15, 0.2) is 36.4 Å². The van der Waals surface area contributed by atoms with E-state index in [4.69, 9.17) is 21.1 Å². The van der Waals surface area contributed by atoms with E-state index in [0.29, 0.717) is 5.75 Å². The molecule has 0 bridgehead atoms. The summed E-state index contributed by atoms with van der Waals surface area (Å²) in [6.07, 6.45) is 0. The summed E-state index contributed by atoms with van der Waals surface area (Å²) in [6, 6.07) is 9.06. The van der Waals surface area contributed by atoms with Gasteiger partial charge in [0.05, 0.1) is 22.2 Å². The van der Waals surface area contributed by atoms with Crippen LogP contribution in [0.5, 0.6) is 11.5 Å². The molecule has 1 heterocycles. The van der Waals surface area contributed by atoms with Gasteiger partial charge in [-0.15, -0.1) is 0 Å². The van der Waals surface area contributed by atoms with Crippen LogP contribution in [0.3, 0.4) is 0 Å². The van der Waals surface area contributed by atoms with Crippen LogP contribution in [0.4, 0.5) is 5.69 Å². The zero-order valence-corrected chi connectivity index (χ0v) is 11.8. The van der Waals surface area contributed by atoms with Gasteiger partial charge in [0.25, 0.3) is 5.91 Å². The first-order valence-corrected chi connectivity index (χ1v) is 6.65. The maximum atomic E-state index is 12.2. The highest BCUT2D eigenvalue weighted by atomic mass is 35.5. The lowest BCUT2D eigenvalue weighted by Gasteiger charge is -2.13. The Hall–Kier alpha value is -2.73.